The fraction of sp³-hybridized carbons (Fsp3) is 0.200. The molecular weight excluding hydrogens is 342 g/mol. The highest BCUT2D eigenvalue weighted by atomic mass is 16.4. The molecule has 0 atom stereocenters. The van der Waals surface area contributed by atoms with Gasteiger partial charge in [-0.25, -0.2) is 0 Å². The van der Waals surface area contributed by atoms with E-state index in [0.29, 0.717) is 24.7 Å². The molecule has 7 heteroatoms. The van der Waals surface area contributed by atoms with Gasteiger partial charge in [0.25, 0.3) is 0 Å². The van der Waals surface area contributed by atoms with Gasteiger partial charge in [0.1, 0.15) is 6.54 Å². The molecule has 0 saturated carbocycles. The number of amides is 1. The third-order valence-electron chi connectivity index (χ3n) is 4.30. The second-order valence-electron chi connectivity index (χ2n) is 6.17. The Morgan fingerprint density at radius 2 is 2.11 bits per heavy atom. The molecule has 0 saturated heterocycles. The SMILES string of the molecule is CCc1nnc(-c2ccc3ccn(CC(=O)NCc4ccccn4)c3c2)o1. The fourth-order valence-electron chi connectivity index (χ4n) is 2.87. The molecule has 0 radical (unpaired) electrons. The number of rotatable bonds is 6. The van der Waals surface area contributed by atoms with Gasteiger partial charge in [-0.1, -0.05) is 19.1 Å². The molecule has 1 amide bonds. The molecule has 3 heterocycles. The number of carbonyl (C=O) groups excluding carboxylic acids is 1. The van der Waals surface area contributed by atoms with E-state index in [0.717, 1.165) is 22.2 Å². The summed E-state index contributed by atoms with van der Waals surface area (Å²) in [6.07, 6.45) is 4.31. The lowest BCUT2D eigenvalue weighted by molar-refractivity contribution is -0.121. The Kier molecular flexibility index (Phi) is 4.65. The van der Waals surface area contributed by atoms with Gasteiger partial charge in [0.2, 0.25) is 17.7 Å². The van der Waals surface area contributed by atoms with E-state index in [1.54, 1.807) is 6.20 Å². The molecule has 0 aliphatic heterocycles. The van der Waals surface area contributed by atoms with E-state index in [1.807, 2.05) is 60.2 Å². The maximum absolute atomic E-state index is 12.3. The van der Waals surface area contributed by atoms with Gasteiger partial charge in [-0.3, -0.25) is 9.78 Å². The van der Waals surface area contributed by atoms with Crippen molar-refractivity contribution < 1.29 is 9.21 Å². The highest BCUT2D eigenvalue weighted by Crippen LogP contribution is 2.24. The van der Waals surface area contributed by atoms with E-state index < -0.39 is 0 Å². The maximum Gasteiger partial charge on any atom is 0.247 e. The molecule has 0 aliphatic rings. The van der Waals surface area contributed by atoms with Crippen LogP contribution in [0.2, 0.25) is 0 Å². The number of nitrogens with zero attached hydrogens (tertiary/aromatic N) is 4. The zero-order valence-electron chi connectivity index (χ0n) is 14.9. The monoisotopic (exact) mass is 361 g/mol. The number of pyridine rings is 1. The number of hydrogen-bond acceptors (Lipinski definition) is 5. The molecule has 0 spiro atoms. The van der Waals surface area contributed by atoms with Crippen molar-refractivity contribution in [2.45, 2.75) is 26.4 Å². The van der Waals surface area contributed by atoms with E-state index in [1.165, 1.54) is 0 Å². The van der Waals surface area contributed by atoms with Crippen LogP contribution in [0, 0.1) is 0 Å². The Labute approximate surface area is 156 Å². The number of aryl methyl sites for hydroxylation is 1. The number of nitrogens with one attached hydrogen (secondary N) is 1. The Morgan fingerprint density at radius 3 is 2.89 bits per heavy atom. The summed E-state index contributed by atoms with van der Waals surface area (Å²) in [6.45, 7) is 2.60. The quantitative estimate of drug-likeness (QED) is 0.571. The summed E-state index contributed by atoms with van der Waals surface area (Å²) in [6, 6.07) is 13.5. The summed E-state index contributed by atoms with van der Waals surface area (Å²) in [5.41, 5.74) is 2.61. The topological polar surface area (TPSA) is 85.8 Å². The molecule has 0 aliphatic carbocycles. The highest BCUT2D eigenvalue weighted by Gasteiger charge is 2.11. The van der Waals surface area contributed by atoms with Crippen molar-refractivity contribution in [3.63, 3.8) is 0 Å². The lowest BCUT2D eigenvalue weighted by Gasteiger charge is -2.07. The first kappa shape index (κ1) is 17.0. The van der Waals surface area contributed by atoms with E-state index in [-0.39, 0.29) is 12.5 Å². The first-order valence-electron chi connectivity index (χ1n) is 8.81. The summed E-state index contributed by atoms with van der Waals surface area (Å²) in [7, 11) is 0. The highest BCUT2D eigenvalue weighted by molar-refractivity contribution is 5.86. The Morgan fingerprint density at radius 1 is 1.19 bits per heavy atom. The predicted molar refractivity (Wildman–Crippen MR) is 101 cm³/mol. The van der Waals surface area contributed by atoms with Gasteiger partial charge in [-0.2, -0.15) is 0 Å². The number of hydrogen-bond donors (Lipinski definition) is 1. The standard InChI is InChI=1S/C20H19N5O2/c1-2-19-23-24-20(27-19)15-7-6-14-8-10-25(17(14)11-15)13-18(26)22-12-16-5-3-4-9-21-16/h3-11H,2,12-13H2,1H3,(H,22,26). The van der Waals surface area contributed by atoms with Crippen molar-refractivity contribution in [1.82, 2.24) is 25.1 Å². The molecule has 7 nitrogen and oxygen atoms in total. The minimum atomic E-state index is -0.0744. The van der Waals surface area contributed by atoms with Crippen LogP contribution in [0.3, 0.4) is 0 Å². The number of fused-ring (bicyclic) bond motifs is 1. The second kappa shape index (κ2) is 7.41. The van der Waals surface area contributed by atoms with E-state index in [2.05, 4.69) is 20.5 Å². The first-order chi connectivity index (χ1) is 13.2. The van der Waals surface area contributed by atoms with Crippen molar-refractivity contribution in [2.75, 3.05) is 0 Å². The third kappa shape index (κ3) is 3.72. The molecule has 1 N–H and O–H groups in total. The maximum atomic E-state index is 12.3. The van der Waals surface area contributed by atoms with Crippen LogP contribution in [0.5, 0.6) is 0 Å². The molecule has 0 fully saturated rings. The van der Waals surface area contributed by atoms with E-state index in [4.69, 9.17) is 4.42 Å². The summed E-state index contributed by atoms with van der Waals surface area (Å²) < 4.78 is 7.54. The molecule has 0 bridgehead atoms. The average Bonchev–Trinajstić information content (AvgIpc) is 3.34. The van der Waals surface area contributed by atoms with Crippen LogP contribution in [0.25, 0.3) is 22.4 Å². The average molecular weight is 361 g/mol. The summed E-state index contributed by atoms with van der Waals surface area (Å²) in [5, 5.41) is 12.0. The van der Waals surface area contributed by atoms with Gasteiger partial charge < -0.3 is 14.3 Å². The normalized spacial score (nSPS) is 11.0. The molecule has 136 valence electrons. The van der Waals surface area contributed by atoms with Gasteiger partial charge in [-0.15, -0.1) is 10.2 Å². The molecule has 3 aromatic heterocycles. The number of aromatic nitrogens is 4. The van der Waals surface area contributed by atoms with Crippen molar-refractivity contribution in [3.8, 4) is 11.5 Å². The van der Waals surface area contributed by atoms with Crippen LogP contribution < -0.4 is 5.32 Å². The first-order valence-corrected chi connectivity index (χ1v) is 8.81. The molecule has 1 aromatic carbocycles. The summed E-state index contributed by atoms with van der Waals surface area (Å²) in [4.78, 5) is 16.5. The number of benzene rings is 1. The van der Waals surface area contributed by atoms with Crippen LogP contribution in [0.4, 0.5) is 0 Å². The zero-order valence-corrected chi connectivity index (χ0v) is 14.9. The molecule has 0 unspecified atom stereocenters. The smallest absolute Gasteiger partial charge is 0.247 e. The van der Waals surface area contributed by atoms with Gasteiger partial charge in [0.05, 0.1) is 12.2 Å². The van der Waals surface area contributed by atoms with Crippen molar-refractivity contribution in [1.29, 1.82) is 0 Å². The predicted octanol–water partition coefficient (Wildman–Crippen LogP) is 2.97. The second-order valence-corrected chi connectivity index (χ2v) is 6.17. The van der Waals surface area contributed by atoms with Crippen molar-refractivity contribution in [2.24, 2.45) is 0 Å². The Hall–Kier alpha value is -3.48. The lowest BCUT2D eigenvalue weighted by Crippen LogP contribution is -2.27. The van der Waals surface area contributed by atoms with E-state index >= 15 is 0 Å². The minimum absolute atomic E-state index is 0.0744. The van der Waals surface area contributed by atoms with Crippen LogP contribution in [0.15, 0.2) is 59.3 Å². The molecule has 27 heavy (non-hydrogen) atoms. The van der Waals surface area contributed by atoms with Crippen LogP contribution in [-0.2, 0) is 24.3 Å². The van der Waals surface area contributed by atoms with Crippen LogP contribution in [-0.4, -0.2) is 25.7 Å². The Balaban J connectivity index is 1.51. The fourth-order valence-corrected chi connectivity index (χ4v) is 2.87. The lowest BCUT2D eigenvalue weighted by atomic mass is 10.1. The largest absolute Gasteiger partial charge is 0.421 e. The molecule has 4 rings (SSSR count). The van der Waals surface area contributed by atoms with Gasteiger partial charge in [0, 0.05) is 29.9 Å². The van der Waals surface area contributed by atoms with Gasteiger partial charge >= 0.3 is 0 Å². The number of carbonyl (C=O) groups is 1. The van der Waals surface area contributed by atoms with Gasteiger partial charge in [0.15, 0.2) is 0 Å². The summed E-state index contributed by atoms with van der Waals surface area (Å²) in [5.74, 6) is 1.02. The van der Waals surface area contributed by atoms with Crippen LogP contribution in [0.1, 0.15) is 18.5 Å². The summed E-state index contributed by atoms with van der Waals surface area (Å²) >= 11 is 0. The Bertz CT molecular complexity index is 1070. The van der Waals surface area contributed by atoms with Crippen molar-refractivity contribution in [3.05, 3.63) is 66.4 Å². The minimum Gasteiger partial charge on any atom is -0.421 e. The van der Waals surface area contributed by atoms with Crippen molar-refractivity contribution >= 4 is 16.8 Å². The van der Waals surface area contributed by atoms with Gasteiger partial charge in [-0.05, 0) is 35.7 Å². The third-order valence-corrected chi connectivity index (χ3v) is 4.30. The molecule has 4 aromatic rings. The van der Waals surface area contributed by atoms with E-state index in [9.17, 15) is 4.79 Å². The zero-order chi connectivity index (χ0) is 18.6. The van der Waals surface area contributed by atoms with Crippen LogP contribution >= 0.6 is 0 Å². The molecular formula is C20H19N5O2.